The molecule has 2 unspecified atom stereocenters. The third kappa shape index (κ3) is 4.25. The Kier molecular flexibility index (Phi) is 5.28. The predicted molar refractivity (Wildman–Crippen MR) is 71.1 cm³/mol. The summed E-state index contributed by atoms with van der Waals surface area (Å²) in [6.07, 6.45) is 1.68. The first kappa shape index (κ1) is 14.4. The summed E-state index contributed by atoms with van der Waals surface area (Å²) in [6.45, 7) is 1.45. The van der Waals surface area contributed by atoms with Crippen LogP contribution in [0.5, 0.6) is 0 Å². The lowest BCUT2D eigenvalue weighted by Gasteiger charge is -2.27. The van der Waals surface area contributed by atoms with Crippen molar-refractivity contribution in [2.24, 2.45) is 5.92 Å². The first-order valence-corrected chi connectivity index (χ1v) is 6.92. The van der Waals surface area contributed by atoms with Crippen LogP contribution in [0.2, 0.25) is 0 Å². The summed E-state index contributed by atoms with van der Waals surface area (Å²) < 4.78 is 24.8. The molecule has 0 aromatic heterocycles. The molecule has 1 aromatic rings. The largest absolute Gasteiger partial charge is 0.393 e. The van der Waals surface area contributed by atoms with E-state index < -0.39 is 6.43 Å². The van der Waals surface area contributed by atoms with E-state index in [1.54, 1.807) is 12.1 Å². The van der Waals surface area contributed by atoms with Crippen LogP contribution in [-0.2, 0) is 6.54 Å². The minimum atomic E-state index is -2.40. The second kappa shape index (κ2) is 6.96. The van der Waals surface area contributed by atoms with E-state index in [0.717, 1.165) is 31.4 Å². The first-order valence-electron chi connectivity index (χ1n) is 6.92. The average molecular weight is 269 g/mol. The van der Waals surface area contributed by atoms with Crippen LogP contribution in [0.3, 0.4) is 0 Å². The summed E-state index contributed by atoms with van der Waals surface area (Å²) in [4.78, 5) is 0. The number of nitrogens with one attached hydrogen (secondary N) is 1. The molecule has 2 rings (SSSR count). The maximum Gasteiger partial charge on any atom is 0.263 e. The number of hydrogen-bond donors (Lipinski definition) is 2. The third-order valence-corrected chi connectivity index (χ3v) is 3.84. The minimum Gasteiger partial charge on any atom is -0.393 e. The summed E-state index contributed by atoms with van der Waals surface area (Å²) in [6, 6.07) is 6.39. The normalized spacial score (nSPS) is 23.8. The summed E-state index contributed by atoms with van der Waals surface area (Å²) in [5.41, 5.74) is 1.06. The Morgan fingerprint density at radius 2 is 1.84 bits per heavy atom. The molecule has 19 heavy (non-hydrogen) atoms. The molecule has 0 heterocycles. The van der Waals surface area contributed by atoms with Gasteiger partial charge in [0.15, 0.2) is 0 Å². The molecule has 0 spiro atoms. The molecule has 1 saturated carbocycles. The van der Waals surface area contributed by atoms with Gasteiger partial charge in [0.05, 0.1) is 6.10 Å². The van der Waals surface area contributed by atoms with Crippen molar-refractivity contribution >= 4 is 0 Å². The van der Waals surface area contributed by atoms with Crippen LogP contribution >= 0.6 is 0 Å². The highest BCUT2D eigenvalue weighted by molar-refractivity contribution is 5.23. The number of halogens is 2. The number of aliphatic hydroxyl groups is 1. The van der Waals surface area contributed by atoms with Crippen molar-refractivity contribution in [3.8, 4) is 0 Å². The molecule has 1 fully saturated rings. The van der Waals surface area contributed by atoms with Crippen molar-refractivity contribution in [2.75, 3.05) is 6.54 Å². The lowest BCUT2D eigenvalue weighted by molar-refractivity contribution is 0.0695. The molecule has 0 aliphatic heterocycles. The van der Waals surface area contributed by atoms with E-state index in [1.807, 2.05) is 0 Å². The maximum absolute atomic E-state index is 12.4. The molecule has 2 nitrogen and oxygen atoms in total. The molecular weight excluding hydrogens is 248 g/mol. The zero-order valence-corrected chi connectivity index (χ0v) is 11.0. The van der Waals surface area contributed by atoms with Crippen molar-refractivity contribution in [1.82, 2.24) is 5.32 Å². The lowest BCUT2D eigenvalue weighted by Crippen LogP contribution is -2.33. The molecule has 0 saturated heterocycles. The Morgan fingerprint density at radius 1 is 1.16 bits per heavy atom. The predicted octanol–water partition coefficient (Wildman–Crippen LogP) is 3.26. The van der Waals surface area contributed by atoms with E-state index in [1.165, 1.54) is 18.6 Å². The number of alkyl halides is 2. The fraction of sp³-hybridized carbons (Fsp3) is 0.600. The molecule has 0 amide bonds. The van der Waals surface area contributed by atoms with E-state index in [-0.39, 0.29) is 11.7 Å². The molecule has 2 N–H and O–H groups in total. The number of rotatable bonds is 5. The average Bonchev–Trinajstić information content (AvgIpc) is 2.41. The SMILES string of the molecule is OC1CCCCC1CNCc1ccc(C(F)F)cc1. The van der Waals surface area contributed by atoms with Crippen LogP contribution in [0.25, 0.3) is 0 Å². The second-order valence-corrected chi connectivity index (χ2v) is 5.29. The van der Waals surface area contributed by atoms with Crippen LogP contribution in [0, 0.1) is 5.92 Å². The maximum atomic E-state index is 12.4. The van der Waals surface area contributed by atoms with E-state index >= 15 is 0 Å². The molecule has 2 atom stereocenters. The fourth-order valence-corrected chi connectivity index (χ4v) is 2.61. The molecular formula is C15H21F2NO. The smallest absolute Gasteiger partial charge is 0.263 e. The number of aliphatic hydroxyl groups excluding tert-OH is 1. The second-order valence-electron chi connectivity index (χ2n) is 5.29. The van der Waals surface area contributed by atoms with Gasteiger partial charge in [-0.3, -0.25) is 0 Å². The fourth-order valence-electron chi connectivity index (χ4n) is 2.61. The molecule has 4 heteroatoms. The Balaban J connectivity index is 1.75. The first-order chi connectivity index (χ1) is 9.16. The Labute approximate surface area is 112 Å². The summed E-state index contributed by atoms with van der Waals surface area (Å²) in [5.74, 6) is 0.328. The lowest BCUT2D eigenvalue weighted by atomic mass is 9.86. The van der Waals surface area contributed by atoms with Gasteiger partial charge in [0.1, 0.15) is 0 Å². The van der Waals surface area contributed by atoms with Gasteiger partial charge in [-0.1, -0.05) is 37.1 Å². The van der Waals surface area contributed by atoms with Crippen LogP contribution in [0.4, 0.5) is 8.78 Å². The van der Waals surface area contributed by atoms with Crippen molar-refractivity contribution in [2.45, 2.75) is 44.8 Å². The quantitative estimate of drug-likeness (QED) is 0.860. The van der Waals surface area contributed by atoms with Gasteiger partial charge in [0, 0.05) is 18.7 Å². The van der Waals surface area contributed by atoms with E-state index in [2.05, 4.69) is 5.32 Å². The third-order valence-electron chi connectivity index (χ3n) is 3.84. The van der Waals surface area contributed by atoms with Crippen LogP contribution < -0.4 is 5.32 Å². The van der Waals surface area contributed by atoms with Crippen molar-refractivity contribution in [3.05, 3.63) is 35.4 Å². The Hall–Kier alpha value is -1.00. The number of benzene rings is 1. The summed E-state index contributed by atoms with van der Waals surface area (Å²) in [5, 5.41) is 13.1. The highest BCUT2D eigenvalue weighted by Crippen LogP contribution is 2.23. The summed E-state index contributed by atoms with van der Waals surface area (Å²) in [7, 11) is 0. The number of hydrogen-bond acceptors (Lipinski definition) is 2. The standard InChI is InChI=1S/C15H21F2NO/c16-15(17)12-7-5-11(6-8-12)9-18-10-13-3-1-2-4-14(13)19/h5-8,13-15,18-19H,1-4,9-10H2. The Morgan fingerprint density at radius 3 is 2.47 bits per heavy atom. The molecule has 1 aliphatic rings. The van der Waals surface area contributed by atoms with Crippen molar-refractivity contribution in [3.63, 3.8) is 0 Å². The monoisotopic (exact) mass is 269 g/mol. The van der Waals surface area contributed by atoms with Gasteiger partial charge in [0.25, 0.3) is 6.43 Å². The Bertz CT molecular complexity index is 380. The minimum absolute atomic E-state index is 0.0615. The highest BCUT2D eigenvalue weighted by atomic mass is 19.3. The topological polar surface area (TPSA) is 32.3 Å². The van der Waals surface area contributed by atoms with E-state index in [0.29, 0.717) is 12.5 Å². The van der Waals surface area contributed by atoms with Gasteiger partial charge < -0.3 is 10.4 Å². The van der Waals surface area contributed by atoms with Gasteiger partial charge in [-0.2, -0.15) is 0 Å². The van der Waals surface area contributed by atoms with Crippen LogP contribution in [0.15, 0.2) is 24.3 Å². The zero-order chi connectivity index (χ0) is 13.7. The van der Waals surface area contributed by atoms with Gasteiger partial charge in [0.2, 0.25) is 0 Å². The molecule has 1 aromatic carbocycles. The van der Waals surface area contributed by atoms with Crippen molar-refractivity contribution in [1.29, 1.82) is 0 Å². The molecule has 1 aliphatic carbocycles. The van der Waals surface area contributed by atoms with E-state index in [4.69, 9.17) is 0 Å². The van der Waals surface area contributed by atoms with Crippen LogP contribution in [0.1, 0.15) is 43.2 Å². The zero-order valence-electron chi connectivity index (χ0n) is 11.0. The van der Waals surface area contributed by atoms with Gasteiger partial charge >= 0.3 is 0 Å². The molecule has 106 valence electrons. The molecule has 0 radical (unpaired) electrons. The van der Waals surface area contributed by atoms with Gasteiger partial charge in [-0.25, -0.2) is 8.78 Å². The van der Waals surface area contributed by atoms with Gasteiger partial charge in [-0.05, 0) is 24.3 Å². The van der Waals surface area contributed by atoms with Crippen LogP contribution in [-0.4, -0.2) is 17.8 Å². The van der Waals surface area contributed by atoms with Crippen molar-refractivity contribution < 1.29 is 13.9 Å². The summed E-state index contributed by atoms with van der Waals surface area (Å²) >= 11 is 0. The highest BCUT2D eigenvalue weighted by Gasteiger charge is 2.22. The van der Waals surface area contributed by atoms with Gasteiger partial charge in [-0.15, -0.1) is 0 Å². The van der Waals surface area contributed by atoms with E-state index in [9.17, 15) is 13.9 Å². The molecule has 0 bridgehead atoms.